The Morgan fingerprint density at radius 3 is 2.36 bits per heavy atom. The third-order valence-corrected chi connectivity index (χ3v) is 4.45. The molecule has 25 heavy (non-hydrogen) atoms. The number of nitrogens with one attached hydrogen (secondary N) is 1. The molecular weight excluding hydrogens is 406 g/mol. The lowest BCUT2D eigenvalue weighted by molar-refractivity contribution is -0.707. The molecule has 0 radical (unpaired) electrons. The van der Waals surface area contributed by atoms with Crippen LogP contribution in [0.5, 0.6) is 0 Å². The van der Waals surface area contributed by atoms with Crippen LogP contribution in [0.1, 0.15) is 11.1 Å². The van der Waals surface area contributed by atoms with Crippen molar-refractivity contribution in [3.8, 4) is 0 Å². The first-order valence-corrected chi connectivity index (χ1v) is 8.98. The molecule has 0 aromatic heterocycles. The van der Waals surface area contributed by atoms with Crippen molar-refractivity contribution >= 4 is 52.5 Å². The molecule has 1 amide bonds. The quantitative estimate of drug-likeness (QED) is 0.545. The number of nitrogens with two attached hydrogens (primary N) is 1. The van der Waals surface area contributed by atoms with Gasteiger partial charge in [0.05, 0.1) is 0 Å². The first-order chi connectivity index (χ1) is 11.9. The second-order valence-electron chi connectivity index (χ2n) is 5.26. The topological polar surface area (TPSA) is 54.9 Å². The summed E-state index contributed by atoms with van der Waals surface area (Å²) in [6, 6.07) is 16.7. The molecular formula is C17H17Cl4N2O2+. The highest BCUT2D eigenvalue weighted by molar-refractivity contribution is 6.68. The van der Waals surface area contributed by atoms with E-state index in [-0.39, 0.29) is 6.61 Å². The van der Waals surface area contributed by atoms with E-state index in [1.54, 1.807) is 29.6 Å². The predicted molar refractivity (Wildman–Crippen MR) is 101 cm³/mol. The standard InChI is InChI=1S/C17H16Cl4N2O2/c18-14-9-5-4-8-13(14)11-25-16(24)23-15(17(19,20)21)22-10-12-6-2-1-3-7-12/h1-9,15,22H,10-11H2,(H,23,24)/p+1. The number of halogens is 4. The van der Waals surface area contributed by atoms with Gasteiger partial charge in [0.15, 0.2) is 0 Å². The SMILES string of the molecule is O=C(NC([NH2+]Cc1ccccc1)C(Cl)(Cl)Cl)OCc1ccccc1Cl. The van der Waals surface area contributed by atoms with Crippen LogP contribution in [0.15, 0.2) is 54.6 Å². The van der Waals surface area contributed by atoms with E-state index in [4.69, 9.17) is 51.1 Å². The molecule has 2 aromatic carbocycles. The minimum absolute atomic E-state index is 0.0246. The van der Waals surface area contributed by atoms with Crippen molar-refractivity contribution in [1.82, 2.24) is 5.32 Å². The number of benzene rings is 2. The summed E-state index contributed by atoms with van der Waals surface area (Å²) in [4.78, 5) is 12.0. The highest BCUT2D eigenvalue weighted by Gasteiger charge is 2.37. The summed E-state index contributed by atoms with van der Waals surface area (Å²) in [5.41, 5.74) is 1.73. The number of alkyl halides is 3. The predicted octanol–water partition coefficient (Wildman–Crippen LogP) is 4.03. The van der Waals surface area contributed by atoms with Gasteiger partial charge in [0.25, 0.3) is 3.79 Å². The Bertz CT molecular complexity index is 693. The fraction of sp³-hybridized carbons (Fsp3) is 0.235. The van der Waals surface area contributed by atoms with Crippen molar-refractivity contribution in [1.29, 1.82) is 0 Å². The molecule has 2 rings (SSSR count). The van der Waals surface area contributed by atoms with Crippen molar-refractivity contribution < 1.29 is 14.8 Å². The van der Waals surface area contributed by atoms with Gasteiger partial charge in [0.2, 0.25) is 6.17 Å². The zero-order valence-corrected chi connectivity index (χ0v) is 16.1. The molecule has 0 heterocycles. The van der Waals surface area contributed by atoms with Gasteiger partial charge in [-0.2, -0.15) is 0 Å². The van der Waals surface area contributed by atoms with Crippen LogP contribution in [-0.2, 0) is 17.9 Å². The molecule has 0 bridgehead atoms. The lowest BCUT2D eigenvalue weighted by Gasteiger charge is -2.23. The Morgan fingerprint density at radius 1 is 1.08 bits per heavy atom. The molecule has 134 valence electrons. The zero-order valence-electron chi connectivity index (χ0n) is 13.1. The van der Waals surface area contributed by atoms with Gasteiger partial charge in [0.1, 0.15) is 13.2 Å². The zero-order chi connectivity index (χ0) is 18.3. The lowest BCUT2D eigenvalue weighted by Crippen LogP contribution is -2.95. The normalized spacial score (nSPS) is 12.5. The average molecular weight is 423 g/mol. The van der Waals surface area contributed by atoms with Gasteiger partial charge >= 0.3 is 6.09 Å². The fourth-order valence-electron chi connectivity index (χ4n) is 2.07. The second-order valence-corrected chi connectivity index (χ2v) is 8.03. The Labute approximate surface area is 166 Å². The maximum atomic E-state index is 12.0. The second kappa shape index (κ2) is 9.51. The van der Waals surface area contributed by atoms with Crippen molar-refractivity contribution in [3.05, 3.63) is 70.7 Å². The highest BCUT2D eigenvalue weighted by Crippen LogP contribution is 2.27. The molecule has 0 fully saturated rings. The number of carbonyl (C=O) groups excluding carboxylic acids is 1. The number of alkyl carbamates (subject to hydrolysis) is 1. The molecule has 0 spiro atoms. The molecule has 0 aliphatic carbocycles. The molecule has 0 aliphatic heterocycles. The Hall–Kier alpha value is -1.17. The van der Waals surface area contributed by atoms with Crippen LogP contribution in [-0.4, -0.2) is 16.1 Å². The smallest absolute Gasteiger partial charge is 0.412 e. The van der Waals surface area contributed by atoms with Crippen LogP contribution in [0.3, 0.4) is 0 Å². The van der Waals surface area contributed by atoms with E-state index >= 15 is 0 Å². The molecule has 8 heteroatoms. The average Bonchev–Trinajstić information content (AvgIpc) is 2.58. The molecule has 0 saturated heterocycles. The van der Waals surface area contributed by atoms with Crippen LogP contribution in [0.4, 0.5) is 4.79 Å². The summed E-state index contributed by atoms with van der Waals surface area (Å²) in [6.07, 6.45) is -1.50. The van der Waals surface area contributed by atoms with Gasteiger partial charge in [-0.1, -0.05) is 94.9 Å². The van der Waals surface area contributed by atoms with E-state index in [0.29, 0.717) is 17.1 Å². The number of rotatable bonds is 6. The van der Waals surface area contributed by atoms with Crippen LogP contribution >= 0.6 is 46.4 Å². The van der Waals surface area contributed by atoms with Crippen molar-refractivity contribution in [2.45, 2.75) is 23.1 Å². The Morgan fingerprint density at radius 2 is 1.72 bits per heavy atom. The highest BCUT2D eigenvalue weighted by atomic mass is 35.6. The Balaban J connectivity index is 1.90. The van der Waals surface area contributed by atoms with Crippen LogP contribution in [0.2, 0.25) is 5.02 Å². The molecule has 0 saturated carbocycles. The summed E-state index contributed by atoms with van der Waals surface area (Å²) in [7, 11) is 0. The van der Waals surface area contributed by atoms with Crippen molar-refractivity contribution in [2.24, 2.45) is 0 Å². The summed E-state index contributed by atoms with van der Waals surface area (Å²) >= 11 is 23.9. The van der Waals surface area contributed by atoms with Gasteiger partial charge in [-0.25, -0.2) is 4.79 Å². The lowest BCUT2D eigenvalue weighted by atomic mass is 10.2. The fourth-order valence-corrected chi connectivity index (χ4v) is 2.69. The van der Waals surface area contributed by atoms with E-state index in [1.165, 1.54) is 0 Å². The number of quaternary nitrogens is 1. The summed E-state index contributed by atoms with van der Waals surface area (Å²) in [5, 5.41) is 4.80. The number of hydrogen-bond acceptors (Lipinski definition) is 2. The molecule has 2 aromatic rings. The number of amides is 1. The van der Waals surface area contributed by atoms with Crippen molar-refractivity contribution in [3.63, 3.8) is 0 Å². The minimum atomic E-state index is -1.70. The first kappa shape index (κ1) is 20.1. The van der Waals surface area contributed by atoms with Gasteiger partial charge < -0.3 is 10.1 Å². The summed E-state index contributed by atoms with van der Waals surface area (Å²) < 4.78 is 3.46. The molecule has 1 unspecified atom stereocenters. The summed E-state index contributed by atoms with van der Waals surface area (Å²) in [6.45, 7) is 0.557. The van der Waals surface area contributed by atoms with Crippen LogP contribution in [0.25, 0.3) is 0 Å². The third kappa shape index (κ3) is 6.92. The third-order valence-electron chi connectivity index (χ3n) is 3.37. The molecule has 3 N–H and O–H groups in total. The van der Waals surface area contributed by atoms with E-state index in [0.717, 1.165) is 5.56 Å². The van der Waals surface area contributed by atoms with Gasteiger partial charge in [-0.15, -0.1) is 0 Å². The number of hydrogen-bond donors (Lipinski definition) is 2. The van der Waals surface area contributed by atoms with Gasteiger partial charge in [-0.05, 0) is 6.07 Å². The van der Waals surface area contributed by atoms with E-state index in [9.17, 15) is 4.79 Å². The first-order valence-electron chi connectivity index (χ1n) is 7.47. The number of ether oxygens (including phenoxy) is 1. The monoisotopic (exact) mass is 421 g/mol. The van der Waals surface area contributed by atoms with E-state index in [1.807, 2.05) is 30.3 Å². The maximum absolute atomic E-state index is 12.0. The molecule has 0 aliphatic rings. The van der Waals surface area contributed by atoms with E-state index < -0.39 is 16.1 Å². The minimum Gasteiger partial charge on any atom is -0.445 e. The van der Waals surface area contributed by atoms with Crippen LogP contribution < -0.4 is 10.6 Å². The van der Waals surface area contributed by atoms with Gasteiger partial charge in [-0.3, -0.25) is 5.32 Å². The van der Waals surface area contributed by atoms with Crippen LogP contribution in [0, 0.1) is 0 Å². The number of carbonyl (C=O) groups is 1. The largest absolute Gasteiger partial charge is 0.445 e. The molecule has 4 nitrogen and oxygen atoms in total. The Kier molecular flexibility index (Phi) is 7.66. The van der Waals surface area contributed by atoms with Crippen molar-refractivity contribution in [2.75, 3.05) is 0 Å². The van der Waals surface area contributed by atoms with E-state index in [2.05, 4.69) is 5.32 Å². The molecule has 1 atom stereocenters. The maximum Gasteiger partial charge on any atom is 0.412 e. The summed E-state index contributed by atoms with van der Waals surface area (Å²) in [5.74, 6) is 0. The van der Waals surface area contributed by atoms with Gasteiger partial charge in [0, 0.05) is 16.1 Å².